The second-order valence-electron chi connectivity index (χ2n) is 10.5. The molecule has 0 saturated heterocycles. The van der Waals surface area contributed by atoms with E-state index in [-0.39, 0.29) is 23.8 Å². The number of likely N-dealkylation sites (N-methyl/N-ethyl adjacent to an activating group) is 1. The molecule has 0 aromatic heterocycles. The summed E-state index contributed by atoms with van der Waals surface area (Å²) in [5.41, 5.74) is 2.95. The number of aryl methyl sites for hydroxylation is 1. The summed E-state index contributed by atoms with van der Waals surface area (Å²) in [6, 6.07) is 29.1. The number of sulfonamides is 1. The van der Waals surface area contributed by atoms with Crippen LogP contribution >= 0.6 is 15.9 Å². The first-order valence-electron chi connectivity index (χ1n) is 14.8. The number of amides is 2. The van der Waals surface area contributed by atoms with E-state index in [4.69, 9.17) is 4.74 Å². The highest BCUT2D eigenvalue weighted by Crippen LogP contribution is 2.27. The largest absolute Gasteiger partial charge is 0.494 e. The fourth-order valence-electron chi connectivity index (χ4n) is 4.87. The molecule has 0 unspecified atom stereocenters. The monoisotopic (exact) mass is 691 g/mol. The van der Waals surface area contributed by atoms with Gasteiger partial charge in [0, 0.05) is 24.0 Å². The SMILES string of the molecule is CCNC(=O)[C@H](Cc1ccccc1)N(Cc1ccc(Br)cc1)C(=O)CN(c1ccc(C)cc1)S(=O)(=O)c1ccc(OCC)cc1. The molecule has 0 aliphatic rings. The van der Waals surface area contributed by atoms with Crippen molar-refractivity contribution in [3.05, 3.63) is 124 Å². The highest BCUT2D eigenvalue weighted by Gasteiger charge is 2.34. The summed E-state index contributed by atoms with van der Waals surface area (Å²) >= 11 is 3.45. The molecule has 8 nitrogen and oxygen atoms in total. The van der Waals surface area contributed by atoms with E-state index in [1.807, 2.05) is 75.4 Å². The van der Waals surface area contributed by atoms with E-state index in [0.717, 1.165) is 25.5 Å². The van der Waals surface area contributed by atoms with Gasteiger partial charge < -0.3 is 15.0 Å². The van der Waals surface area contributed by atoms with Gasteiger partial charge in [0.25, 0.3) is 10.0 Å². The van der Waals surface area contributed by atoms with Crippen molar-refractivity contribution in [3.8, 4) is 5.75 Å². The summed E-state index contributed by atoms with van der Waals surface area (Å²) in [6.07, 6.45) is 0.255. The van der Waals surface area contributed by atoms with Crippen LogP contribution in [0.5, 0.6) is 5.75 Å². The van der Waals surface area contributed by atoms with E-state index in [9.17, 15) is 18.0 Å². The van der Waals surface area contributed by atoms with Crippen molar-refractivity contribution in [1.82, 2.24) is 10.2 Å². The van der Waals surface area contributed by atoms with Gasteiger partial charge in [-0.2, -0.15) is 0 Å². The van der Waals surface area contributed by atoms with Gasteiger partial charge in [-0.15, -0.1) is 0 Å². The van der Waals surface area contributed by atoms with E-state index in [0.29, 0.717) is 24.6 Å². The van der Waals surface area contributed by atoms with Crippen molar-refractivity contribution in [3.63, 3.8) is 0 Å². The number of hydrogen-bond donors (Lipinski definition) is 1. The first-order chi connectivity index (χ1) is 21.6. The Labute approximate surface area is 274 Å². The third kappa shape index (κ3) is 8.95. The highest BCUT2D eigenvalue weighted by atomic mass is 79.9. The van der Waals surface area contributed by atoms with Crippen LogP contribution in [-0.2, 0) is 32.6 Å². The van der Waals surface area contributed by atoms with Gasteiger partial charge in [-0.3, -0.25) is 13.9 Å². The maximum atomic E-state index is 14.4. The fourth-order valence-corrected chi connectivity index (χ4v) is 6.55. The van der Waals surface area contributed by atoms with Crippen LogP contribution in [0.4, 0.5) is 5.69 Å². The van der Waals surface area contributed by atoms with E-state index in [1.54, 1.807) is 36.4 Å². The van der Waals surface area contributed by atoms with Crippen LogP contribution in [0, 0.1) is 6.92 Å². The molecule has 10 heteroatoms. The Morgan fingerprint density at radius 1 is 0.844 bits per heavy atom. The number of benzene rings is 4. The van der Waals surface area contributed by atoms with Gasteiger partial charge in [0.1, 0.15) is 18.3 Å². The van der Waals surface area contributed by atoms with Crippen molar-refractivity contribution in [2.24, 2.45) is 0 Å². The number of anilines is 1. The summed E-state index contributed by atoms with van der Waals surface area (Å²) in [5, 5.41) is 2.87. The number of carbonyl (C=O) groups excluding carboxylic acids is 2. The van der Waals surface area contributed by atoms with E-state index in [2.05, 4.69) is 21.2 Å². The van der Waals surface area contributed by atoms with Crippen molar-refractivity contribution in [2.75, 3.05) is 24.0 Å². The van der Waals surface area contributed by atoms with Crippen molar-refractivity contribution < 1.29 is 22.7 Å². The minimum absolute atomic E-state index is 0.0170. The molecule has 1 atom stereocenters. The lowest BCUT2D eigenvalue weighted by Crippen LogP contribution is -2.53. The lowest BCUT2D eigenvalue weighted by Gasteiger charge is -2.34. The quantitative estimate of drug-likeness (QED) is 0.172. The number of nitrogens with one attached hydrogen (secondary N) is 1. The van der Waals surface area contributed by atoms with Crippen LogP contribution in [-0.4, -0.2) is 50.9 Å². The van der Waals surface area contributed by atoms with E-state index < -0.39 is 28.5 Å². The third-order valence-corrected chi connectivity index (χ3v) is 9.53. The maximum absolute atomic E-state index is 14.4. The average Bonchev–Trinajstić information content (AvgIpc) is 3.04. The molecule has 0 aliphatic heterocycles. The summed E-state index contributed by atoms with van der Waals surface area (Å²) in [7, 11) is -4.20. The van der Waals surface area contributed by atoms with Gasteiger partial charge in [-0.1, -0.05) is 76.1 Å². The molecule has 2 amide bonds. The Hall–Kier alpha value is -4.15. The number of rotatable bonds is 14. The number of halogens is 1. The number of nitrogens with zero attached hydrogens (tertiary/aromatic N) is 2. The van der Waals surface area contributed by atoms with Crippen LogP contribution in [0.1, 0.15) is 30.5 Å². The van der Waals surface area contributed by atoms with E-state index >= 15 is 0 Å². The van der Waals surface area contributed by atoms with Crippen LogP contribution in [0.2, 0.25) is 0 Å². The maximum Gasteiger partial charge on any atom is 0.264 e. The predicted molar refractivity (Wildman–Crippen MR) is 181 cm³/mol. The van der Waals surface area contributed by atoms with Crippen molar-refractivity contribution in [1.29, 1.82) is 0 Å². The lowest BCUT2D eigenvalue weighted by atomic mass is 10.0. The second-order valence-corrected chi connectivity index (χ2v) is 13.3. The summed E-state index contributed by atoms with van der Waals surface area (Å²) in [4.78, 5) is 29.5. The molecule has 4 aromatic carbocycles. The molecular formula is C35H38BrN3O5S. The molecule has 45 heavy (non-hydrogen) atoms. The fraction of sp³-hybridized carbons (Fsp3) is 0.257. The standard InChI is InChI=1S/C35H38BrN3O5S/c1-4-37-35(41)33(23-27-9-7-6-8-10-27)38(24-28-13-15-29(36)16-14-28)34(40)25-39(30-17-11-26(3)12-18-30)45(42,43)32-21-19-31(20-22-32)44-5-2/h6-22,33H,4-5,23-25H2,1-3H3,(H,37,41)/t33-/m0/s1. The van der Waals surface area contributed by atoms with Crippen molar-refractivity contribution >= 4 is 43.5 Å². The van der Waals surface area contributed by atoms with Crippen LogP contribution in [0.3, 0.4) is 0 Å². The zero-order chi connectivity index (χ0) is 32.4. The molecular weight excluding hydrogens is 654 g/mol. The molecule has 1 N–H and O–H groups in total. The third-order valence-electron chi connectivity index (χ3n) is 7.21. The van der Waals surface area contributed by atoms with Gasteiger partial charge in [0.05, 0.1) is 17.2 Å². The first-order valence-corrected chi connectivity index (χ1v) is 17.0. The first kappa shape index (κ1) is 33.7. The van der Waals surface area contributed by atoms with Gasteiger partial charge in [-0.05, 0) is 80.4 Å². The number of carbonyl (C=O) groups is 2. The Kier molecular flexibility index (Phi) is 11.8. The van der Waals surface area contributed by atoms with Crippen LogP contribution in [0.15, 0.2) is 112 Å². The Bertz CT molecular complexity index is 1660. The molecule has 4 rings (SSSR count). The summed E-state index contributed by atoms with van der Waals surface area (Å²) in [5.74, 6) is -0.288. The molecule has 0 aliphatic carbocycles. The highest BCUT2D eigenvalue weighted by molar-refractivity contribution is 9.10. The lowest BCUT2D eigenvalue weighted by molar-refractivity contribution is -0.140. The molecule has 236 valence electrons. The average molecular weight is 693 g/mol. The predicted octanol–water partition coefficient (Wildman–Crippen LogP) is 6.13. The Morgan fingerprint density at radius 2 is 1.49 bits per heavy atom. The number of ether oxygens (including phenoxy) is 1. The topological polar surface area (TPSA) is 96.0 Å². The van der Waals surface area contributed by atoms with Gasteiger partial charge in [-0.25, -0.2) is 8.42 Å². The van der Waals surface area contributed by atoms with Gasteiger partial charge in [0.15, 0.2) is 0 Å². The molecule has 0 heterocycles. The van der Waals surface area contributed by atoms with Gasteiger partial charge in [0.2, 0.25) is 11.8 Å². The Balaban J connectivity index is 1.77. The molecule has 0 saturated carbocycles. The molecule has 0 bridgehead atoms. The summed E-state index contributed by atoms with van der Waals surface area (Å²) < 4.78 is 35.8. The van der Waals surface area contributed by atoms with Crippen LogP contribution < -0.4 is 14.4 Å². The molecule has 0 spiro atoms. The minimum atomic E-state index is -4.20. The van der Waals surface area contributed by atoms with E-state index in [1.165, 1.54) is 17.0 Å². The minimum Gasteiger partial charge on any atom is -0.494 e. The smallest absolute Gasteiger partial charge is 0.264 e. The molecule has 4 aromatic rings. The number of hydrogen-bond acceptors (Lipinski definition) is 5. The normalized spacial score (nSPS) is 11.8. The zero-order valence-corrected chi connectivity index (χ0v) is 28.1. The zero-order valence-electron chi connectivity index (χ0n) is 25.6. The van der Waals surface area contributed by atoms with Crippen molar-refractivity contribution in [2.45, 2.75) is 44.7 Å². The second kappa shape index (κ2) is 15.7. The molecule has 0 radical (unpaired) electrons. The molecule has 0 fully saturated rings. The van der Waals surface area contributed by atoms with Crippen LogP contribution in [0.25, 0.3) is 0 Å². The Morgan fingerprint density at radius 3 is 2.09 bits per heavy atom. The summed E-state index contributed by atoms with van der Waals surface area (Å²) in [6.45, 7) is 5.99. The van der Waals surface area contributed by atoms with Gasteiger partial charge >= 0.3 is 0 Å².